The highest BCUT2D eigenvalue weighted by Crippen LogP contribution is 2.13. The molecule has 9 heteroatoms. The van der Waals surface area contributed by atoms with Crippen molar-refractivity contribution >= 4 is 29.3 Å². The Morgan fingerprint density at radius 2 is 1.74 bits per heavy atom. The lowest BCUT2D eigenvalue weighted by molar-refractivity contribution is -0.143. The molecule has 0 spiro atoms. The summed E-state index contributed by atoms with van der Waals surface area (Å²) < 4.78 is 9.86. The van der Waals surface area contributed by atoms with E-state index in [4.69, 9.17) is 17.0 Å². The standard InChI is InChI=1S/C18H26N2O6S/c1-18(2,3)26-17(24)20-13(9-11-5-7-12(22)8-6-11)15(27)19-14(10-21)16(23)25-4/h5-8,13-14,21-22H,9-10H2,1-4H3,(H,19,27)(H,20,24). The molecule has 1 rings (SSSR count). The Hall–Kier alpha value is -2.39. The minimum absolute atomic E-state index is 0.113. The second-order valence-corrected chi connectivity index (χ2v) is 7.28. The van der Waals surface area contributed by atoms with Gasteiger partial charge in [0.25, 0.3) is 0 Å². The molecule has 0 aliphatic carbocycles. The number of aromatic hydroxyl groups is 1. The topological polar surface area (TPSA) is 117 Å². The zero-order valence-electron chi connectivity index (χ0n) is 15.8. The molecule has 150 valence electrons. The van der Waals surface area contributed by atoms with E-state index >= 15 is 0 Å². The zero-order valence-corrected chi connectivity index (χ0v) is 16.6. The van der Waals surface area contributed by atoms with E-state index in [-0.39, 0.29) is 17.2 Å². The quantitative estimate of drug-likeness (QED) is 0.401. The van der Waals surface area contributed by atoms with E-state index in [0.717, 1.165) is 5.56 Å². The molecule has 0 radical (unpaired) electrons. The fourth-order valence-electron chi connectivity index (χ4n) is 2.12. The van der Waals surface area contributed by atoms with Gasteiger partial charge in [0.2, 0.25) is 0 Å². The summed E-state index contributed by atoms with van der Waals surface area (Å²) in [5.41, 5.74) is 0.0960. The van der Waals surface area contributed by atoms with Crippen LogP contribution in [-0.2, 0) is 20.7 Å². The number of esters is 1. The Morgan fingerprint density at radius 1 is 1.15 bits per heavy atom. The van der Waals surface area contributed by atoms with Crippen molar-refractivity contribution in [3.63, 3.8) is 0 Å². The van der Waals surface area contributed by atoms with Crippen LogP contribution in [0.15, 0.2) is 24.3 Å². The molecule has 0 aliphatic rings. The van der Waals surface area contributed by atoms with Gasteiger partial charge in [0, 0.05) is 0 Å². The summed E-state index contributed by atoms with van der Waals surface area (Å²) in [6, 6.07) is 4.64. The number of phenolic OH excluding ortho intramolecular Hbond substituents is 1. The summed E-state index contributed by atoms with van der Waals surface area (Å²) in [5, 5.41) is 24.1. The van der Waals surface area contributed by atoms with Crippen molar-refractivity contribution in [1.29, 1.82) is 0 Å². The first-order chi connectivity index (χ1) is 12.6. The van der Waals surface area contributed by atoms with Crippen molar-refractivity contribution in [2.24, 2.45) is 0 Å². The lowest BCUT2D eigenvalue weighted by atomic mass is 10.1. The number of carbonyl (C=O) groups is 2. The number of alkyl carbamates (subject to hydrolysis) is 1. The number of hydrogen-bond donors (Lipinski definition) is 4. The van der Waals surface area contributed by atoms with Crippen LogP contribution in [0.5, 0.6) is 5.75 Å². The highest BCUT2D eigenvalue weighted by atomic mass is 32.1. The van der Waals surface area contributed by atoms with Gasteiger partial charge in [-0.15, -0.1) is 0 Å². The van der Waals surface area contributed by atoms with Crippen LogP contribution in [0.2, 0.25) is 0 Å². The maximum Gasteiger partial charge on any atom is 0.408 e. The summed E-state index contributed by atoms with van der Waals surface area (Å²) >= 11 is 5.32. The van der Waals surface area contributed by atoms with Gasteiger partial charge in [-0.05, 0) is 44.9 Å². The first-order valence-electron chi connectivity index (χ1n) is 8.32. The number of thiocarbonyl (C=S) groups is 1. The van der Waals surface area contributed by atoms with Crippen LogP contribution >= 0.6 is 12.2 Å². The van der Waals surface area contributed by atoms with Crippen LogP contribution in [0.25, 0.3) is 0 Å². The number of aliphatic hydroxyl groups is 1. The molecule has 0 aromatic heterocycles. The first kappa shape index (κ1) is 22.7. The van der Waals surface area contributed by atoms with Gasteiger partial charge in [-0.1, -0.05) is 24.4 Å². The van der Waals surface area contributed by atoms with E-state index in [2.05, 4.69) is 15.4 Å². The van der Waals surface area contributed by atoms with E-state index in [9.17, 15) is 19.8 Å². The van der Waals surface area contributed by atoms with Crippen LogP contribution in [0.4, 0.5) is 4.79 Å². The molecular formula is C18H26N2O6S. The molecule has 27 heavy (non-hydrogen) atoms. The van der Waals surface area contributed by atoms with Gasteiger partial charge >= 0.3 is 12.1 Å². The zero-order chi connectivity index (χ0) is 20.6. The Bertz CT molecular complexity index is 657. The summed E-state index contributed by atoms with van der Waals surface area (Å²) in [4.78, 5) is 24.0. The maximum atomic E-state index is 12.2. The van der Waals surface area contributed by atoms with Crippen molar-refractivity contribution < 1.29 is 29.3 Å². The Morgan fingerprint density at radius 3 is 2.22 bits per heavy atom. The minimum atomic E-state index is -1.05. The minimum Gasteiger partial charge on any atom is -0.508 e. The van der Waals surface area contributed by atoms with Gasteiger partial charge in [0.15, 0.2) is 0 Å². The van der Waals surface area contributed by atoms with E-state index in [0.29, 0.717) is 0 Å². The Balaban J connectivity index is 2.94. The van der Waals surface area contributed by atoms with E-state index < -0.39 is 36.4 Å². The molecule has 0 aliphatic heterocycles. The molecule has 0 bridgehead atoms. The average Bonchev–Trinajstić information content (AvgIpc) is 2.58. The van der Waals surface area contributed by atoms with Crippen LogP contribution < -0.4 is 10.6 Å². The van der Waals surface area contributed by atoms with Gasteiger partial charge in [-0.25, -0.2) is 9.59 Å². The molecule has 1 aromatic rings. The number of rotatable bonds is 7. The normalized spacial score (nSPS) is 13.2. The lowest BCUT2D eigenvalue weighted by Crippen LogP contribution is -2.53. The predicted molar refractivity (Wildman–Crippen MR) is 104 cm³/mol. The molecule has 2 atom stereocenters. The van der Waals surface area contributed by atoms with E-state index in [1.165, 1.54) is 19.2 Å². The van der Waals surface area contributed by atoms with Crippen LogP contribution in [0, 0.1) is 0 Å². The lowest BCUT2D eigenvalue weighted by Gasteiger charge is -2.26. The molecule has 2 unspecified atom stereocenters. The molecule has 0 fully saturated rings. The van der Waals surface area contributed by atoms with Crippen molar-refractivity contribution in [3.8, 4) is 5.75 Å². The highest BCUT2D eigenvalue weighted by Gasteiger charge is 2.26. The Labute approximate surface area is 163 Å². The van der Waals surface area contributed by atoms with Crippen molar-refractivity contribution in [3.05, 3.63) is 29.8 Å². The number of nitrogens with one attached hydrogen (secondary N) is 2. The third-order valence-corrected chi connectivity index (χ3v) is 3.77. The number of hydrogen-bond acceptors (Lipinski definition) is 7. The van der Waals surface area contributed by atoms with E-state index in [1.807, 2.05) is 0 Å². The monoisotopic (exact) mass is 398 g/mol. The molecule has 1 aromatic carbocycles. The van der Waals surface area contributed by atoms with Gasteiger partial charge in [0.05, 0.1) is 24.7 Å². The number of benzene rings is 1. The largest absolute Gasteiger partial charge is 0.508 e. The molecule has 1 amide bonds. The number of ether oxygens (including phenoxy) is 2. The third kappa shape index (κ3) is 8.23. The molecule has 0 saturated carbocycles. The van der Waals surface area contributed by atoms with Gasteiger partial charge in [-0.3, -0.25) is 0 Å². The fourth-order valence-corrected chi connectivity index (χ4v) is 2.41. The Kier molecular flexibility index (Phi) is 8.45. The number of amides is 1. The number of aliphatic hydroxyl groups excluding tert-OH is 1. The van der Waals surface area contributed by atoms with Gasteiger partial charge in [0.1, 0.15) is 17.4 Å². The van der Waals surface area contributed by atoms with Crippen molar-refractivity contribution in [2.45, 2.75) is 44.9 Å². The molecule has 4 N–H and O–H groups in total. The maximum absolute atomic E-state index is 12.2. The predicted octanol–water partition coefficient (Wildman–Crippen LogP) is 1.28. The van der Waals surface area contributed by atoms with Gasteiger partial charge in [-0.2, -0.15) is 0 Å². The SMILES string of the molecule is COC(=O)C(CO)NC(=S)C(Cc1ccc(O)cc1)NC(=O)OC(C)(C)C. The molecule has 8 nitrogen and oxygen atoms in total. The van der Waals surface area contributed by atoms with Crippen LogP contribution in [0.3, 0.4) is 0 Å². The summed E-state index contributed by atoms with van der Waals surface area (Å²) in [7, 11) is 1.20. The summed E-state index contributed by atoms with van der Waals surface area (Å²) in [6.45, 7) is 4.68. The summed E-state index contributed by atoms with van der Waals surface area (Å²) in [6.07, 6.45) is -0.390. The third-order valence-electron chi connectivity index (χ3n) is 3.37. The average molecular weight is 398 g/mol. The smallest absolute Gasteiger partial charge is 0.408 e. The van der Waals surface area contributed by atoms with Crippen molar-refractivity contribution in [1.82, 2.24) is 10.6 Å². The second-order valence-electron chi connectivity index (χ2n) is 6.84. The first-order valence-corrected chi connectivity index (χ1v) is 8.73. The molecule has 0 heterocycles. The molecule has 0 saturated heterocycles. The summed E-state index contributed by atoms with van der Waals surface area (Å²) in [5.74, 6) is -0.567. The highest BCUT2D eigenvalue weighted by molar-refractivity contribution is 7.80. The number of methoxy groups -OCH3 is 1. The van der Waals surface area contributed by atoms with Crippen LogP contribution in [-0.4, -0.2) is 58.7 Å². The van der Waals surface area contributed by atoms with Crippen molar-refractivity contribution in [2.75, 3.05) is 13.7 Å². The number of carbonyl (C=O) groups excluding carboxylic acids is 2. The fraction of sp³-hybridized carbons (Fsp3) is 0.500. The molecular weight excluding hydrogens is 372 g/mol. The van der Waals surface area contributed by atoms with Crippen LogP contribution in [0.1, 0.15) is 26.3 Å². The van der Waals surface area contributed by atoms with Gasteiger partial charge < -0.3 is 30.3 Å². The van der Waals surface area contributed by atoms with E-state index in [1.54, 1.807) is 32.9 Å². The second kappa shape index (κ2) is 10.1. The number of phenols is 1.